The average molecular weight is 835 g/mol. The molecule has 1 amide bonds. The van der Waals surface area contributed by atoms with Crippen molar-refractivity contribution < 1.29 is 42.0 Å². The normalized spacial score (nSPS) is 16.6. The standard InChI is InChI=1S/C45H46N4O10S/c1-48(2)37-14-8-13-36-35(37)12-9-15-40(36)60(53,54)27-26-57-44(52)47-41-24-25-49(43(51)46-41)42-28-38(50)39(59-42)29-58-45(30-10-6-5-7-11-30,31-16-20-33(55-3)21-17-31)32-18-22-34(56-4)23-19-32/h5-25,38-39,42,50H,26-29H2,1-4H3,(H,46,47,51,52)/t38-,39+,42+/m0/s1. The number of ether oxygens (including phenoxy) is 5. The van der Waals surface area contributed by atoms with Gasteiger partial charge in [0.15, 0.2) is 9.84 Å². The van der Waals surface area contributed by atoms with Gasteiger partial charge in [-0.15, -0.1) is 0 Å². The third-order valence-corrected chi connectivity index (χ3v) is 12.2. The molecule has 7 rings (SSSR count). The van der Waals surface area contributed by atoms with E-state index < -0.39 is 58.0 Å². The van der Waals surface area contributed by atoms with E-state index in [-0.39, 0.29) is 23.7 Å². The van der Waals surface area contributed by atoms with Crippen LogP contribution in [-0.4, -0.2) is 88.7 Å². The lowest BCUT2D eigenvalue weighted by atomic mass is 9.80. The van der Waals surface area contributed by atoms with Gasteiger partial charge in [0.05, 0.1) is 37.6 Å². The van der Waals surface area contributed by atoms with Gasteiger partial charge in [-0.3, -0.25) is 9.88 Å². The highest BCUT2D eigenvalue weighted by atomic mass is 32.2. The summed E-state index contributed by atoms with van der Waals surface area (Å²) in [5.74, 6) is 0.776. The molecule has 1 aliphatic heterocycles. The van der Waals surface area contributed by atoms with E-state index in [9.17, 15) is 23.1 Å². The Bertz CT molecular complexity index is 2560. The zero-order valence-electron chi connectivity index (χ0n) is 33.6. The van der Waals surface area contributed by atoms with E-state index in [2.05, 4.69) is 10.3 Å². The lowest BCUT2D eigenvalue weighted by Crippen LogP contribution is -2.38. The fraction of sp³-hybridized carbons (Fsp3) is 0.267. The van der Waals surface area contributed by atoms with Crippen molar-refractivity contribution in [2.75, 3.05) is 57.5 Å². The van der Waals surface area contributed by atoms with Gasteiger partial charge in [-0.1, -0.05) is 78.9 Å². The van der Waals surface area contributed by atoms with Crippen molar-refractivity contribution in [1.29, 1.82) is 0 Å². The van der Waals surface area contributed by atoms with Crippen molar-refractivity contribution in [3.63, 3.8) is 0 Å². The molecule has 1 aliphatic rings. The maximum atomic E-state index is 13.3. The van der Waals surface area contributed by atoms with Crippen LogP contribution in [0.25, 0.3) is 10.8 Å². The number of methoxy groups -OCH3 is 2. The summed E-state index contributed by atoms with van der Waals surface area (Å²) in [5, 5.41) is 15.0. The number of rotatable bonds is 15. The third-order valence-electron chi connectivity index (χ3n) is 10.5. The van der Waals surface area contributed by atoms with Crippen LogP contribution in [0.4, 0.5) is 16.3 Å². The van der Waals surface area contributed by atoms with Gasteiger partial charge in [0.25, 0.3) is 0 Å². The minimum absolute atomic E-state index is 0.0639. The summed E-state index contributed by atoms with van der Waals surface area (Å²) in [6.45, 7) is -0.500. The van der Waals surface area contributed by atoms with Crippen molar-refractivity contribution in [1.82, 2.24) is 9.55 Å². The number of anilines is 2. The summed E-state index contributed by atoms with van der Waals surface area (Å²) in [6, 6.07) is 36.7. The Labute approximate surface area is 347 Å². The van der Waals surface area contributed by atoms with Crippen molar-refractivity contribution in [3.8, 4) is 11.5 Å². The van der Waals surface area contributed by atoms with Gasteiger partial charge in [0, 0.05) is 43.2 Å². The molecule has 0 aliphatic carbocycles. The molecular weight excluding hydrogens is 789 g/mol. The van der Waals surface area contributed by atoms with Crippen LogP contribution >= 0.6 is 0 Å². The number of nitrogens with zero attached hydrogens (tertiary/aromatic N) is 3. The zero-order valence-corrected chi connectivity index (χ0v) is 34.4. The Morgan fingerprint density at radius 3 is 2.08 bits per heavy atom. The first kappa shape index (κ1) is 41.9. The second kappa shape index (κ2) is 17.9. The molecule has 0 bridgehead atoms. The second-order valence-corrected chi connectivity index (χ2v) is 16.4. The van der Waals surface area contributed by atoms with E-state index in [1.807, 2.05) is 110 Å². The number of aliphatic hydroxyl groups is 1. The van der Waals surface area contributed by atoms with Crippen LogP contribution in [0.3, 0.4) is 0 Å². The van der Waals surface area contributed by atoms with E-state index in [0.29, 0.717) is 16.9 Å². The molecule has 15 heteroatoms. The topological polar surface area (TPSA) is 168 Å². The highest BCUT2D eigenvalue weighted by Crippen LogP contribution is 2.43. The van der Waals surface area contributed by atoms with Crippen LogP contribution in [0.2, 0.25) is 0 Å². The summed E-state index contributed by atoms with van der Waals surface area (Å²) in [7, 11) is 3.12. The molecule has 2 heterocycles. The van der Waals surface area contributed by atoms with E-state index in [1.54, 1.807) is 32.4 Å². The molecule has 60 heavy (non-hydrogen) atoms. The number of carbonyl (C=O) groups excluding carboxylic acids is 1. The minimum Gasteiger partial charge on any atom is -0.497 e. The number of hydrogen-bond donors (Lipinski definition) is 2. The van der Waals surface area contributed by atoms with Crippen molar-refractivity contribution in [2.45, 2.75) is 35.4 Å². The molecular formula is C45H46N4O10S. The number of carbonyl (C=O) groups is 1. The van der Waals surface area contributed by atoms with Gasteiger partial charge in [-0.25, -0.2) is 18.0 Å². The molecule has 0 radical (unpaired) electrons. The fourth-order valence-corrected chi connectivity index (χ4v) is 8.76. The van der Waals surface area contributed by atoms with Gasteiger partial charge >= 0.3 is 11.8 Å². The van der Waals surface area contributed by atoms with Gasteiger partial charge in [-0.2, -0.15) is 4.98 Å². The summed E-state index contributed by atoms with van der Waals surface area (Å²) in [6.07, 6.45) is -2.26. The Morgan fingerprint density at radius 1 is 0.850 bits per heavy atom. The van der Waals surface area contributed by atoms with E-state index >= 15 is 0 Å². The molecule has 1 saturated heterocycles. The van der Waals surface area contributed by atoms with Crippen LogP contribution in [0.1, 0.15) is 29.3 Å². The summed E-state index contributed by atoms with van der Waals surface area (Å²) in [4.78, 5) is 31.9. The summed E-state index contributed by atoms with van der Waals surface area (Å²) in [5.41, 5.74) is 1.40. The molecule has 14 nitrogen and oxygen atoms in total. The maximum absolute atomic E-state index is 13.3. The first-order chi connectivity index (χ1) is 28.9. The van der Waals surface area contributed by atoms with E-state index in [0.717, 1.165) is 27.8 Å². The number of aliphatic hydroxyl groups excluding tert-OH is 1. The van der Waals surface area contributed by atoms with Crippen molar-refractivity contribution in [3.05, 3.63) is 155 Å². The number of aromatic nitrogens is 2. The average Bonchev–Trinajstić information content (AvgIpc) is 3.63. The minimum atomic E-state index is -3.83. The lowest BCUT2D eigenvalue weighted by molar-refractivity contribution is -0.0944. The molecule has 5 aromatic carbocycles. The molecule has 1 aromatic heterocycles. The van der Waals surface area contributed by atoms with E-state index in [4.69, 9.17) is 23.7 Å². The molecule has 0 saturated carbocycles. The Hall–Kier alpha value is -6.26. The molecule has 0 unspecified atom stereocenters. The molecule has 0 spiro atoms. The molecule has 6 aromatic rings. The Kier molecular flexibility index (Phi) is 12.5. The number of fused-ring (bicyclic) bond motifs is 1. The molecule has 312 valence electrons. The first-order valence-electron chi connectivity index (χ1n) is 19.2. The smallest absolute Gasteiger partial charge is 0.412 e. The summed E-state index contributed by atoms with van der Waals surface area (Å²) < 4.78 is 57.1. The largest absolute Gasteiger partial charge is 0.497 e. The lowest BCUT2D eigenvalue weighted by Gasteiger charge is -2.37. The first-order valence-corrected chi connectivity index (χ1v) is 20.9. The number of nitrogens with one attached hydrogen (secondary N) is 1. The number of sulfone groups is 1. The third kappa shape index (κ3) is 8.70. The second-order valence-electron chi connectivity index (χ2n) is 14.4. The van der Waals surface area contributed by atoms with Gasteiger partial charge in [0.1, 0.15) is 41.9 Å². The zero-order chi connectivity index (χ0) is 42.4. The van der Waals surface area contributed by atoms with Crippen molar-refractivity contribution in [2.24, 2.45) is 0 Å². The summed E-state index contributed by atoms with van der Waals surface area (Å²) >= 11 is 0. The van der Waals surface area contributed by atoms with Crippen molar-refractivity contribution >= 4 is 38.2 Å². The van der Waals surface area contributed by atoms with Gasteiger partial charge in [-0.05, 0) is 59.2 Å². The fourth-order valence-electron chi connectivity index (χ4n) is 7.44. The molecule has 2 N–H and O–H groups in total. The quantitative estimate of drug-likeness (QED) is 0.113. The monoisotopic (exact) mass is 834 g/mol. The highest BCUT2D eigenvalue weighted by Gasteiger charge is 2.42. The number of amides is 1. The maximum Gasteiger partial charge on any atom is 0.412 e. The van der Waals surface area contributed by atoms with E-state index in [1.165, 1.54) is 22.9 Å². The van der Waals surface area contributed by atoms with Gasteiger partial charge in [0.2, 0.25) is 0 Å². The van der Waals surface area contributed by atoms with Crippen LogP contribution < -0.4 is 25.4 Å². The van der Waals surface area contributed by atoms with Gasteiger partial charge < -0.3 is 33.7 Å². The number of benzene rings is 5. The van der Waals surface area contributed by atoms with Crippen LogP contribution in [-0.2, 0) is 29.6 Å². The Morgan fingerprint density at radius 2 is 1.47 bits per heavy atom. The molecule has 3 atom stereocenters. The van der Waals surface area contributed by atoms with Crippen LogP contribution in [0, 0.1) is 0 Å². The van der Waals surface area contributed by atoms with Crippen LogP contribution in [0.5, 0.6) is 11.5 Å². The Balaban J connectivity index is 1.02. The predicted molar refractivity (Wildman–Crippen MR) is 227 cm³/mol. The SMILES string of the molecule is COc1ccc(C(OC[C@H]2O[C@@H](n3ccc(NC(=O)OCCS(=O)(=O)c4cccc5c(N(C)C)cccc45)nc3=O)C[C@@H]2O)(c2ccccc2)c2ccc(OC)cc2)cc1. The predicted octanol–water partition coefficient (Wildman–Crippen LogP) is 6.16. The molecule has 1 fully saturated rings. The number of hydrogen-bond acceptors (Lipinski definition) is 12. The highest BCUT2D eigenvalue weighted by molar-refractivity contribution is 7.91. The van der Waals surface area contributed by atoms with Crippen LogP contribution in [0.15, 0.2) is 137 Å².